The molecule has 1 fully saturated rings. The van der Waals surface area contributed by atoms with Crippen molar-refractivity contribution in [3.63, 3.8) is 0 Å². The van der Waals surface area contributed by atoms with Crippen molar-refractivity contribution in [3.8, 4) is 0 Å². The molecule has 0 saturated heterocycles. The summed E-state index contributed by atoms with van der Waals surface area (Å²) in [5.74, 6) is 0.883. The number of nitrogens with two attached hydrogens (primary N) is 1. The predicted molar refractivity (Wildman–Crippen MR) is 88.6 cm³/mol. The van der Waals surface area contributed by atoms with Crippen LogP contribution >= 0.6 is 11.6 Å². The van der Waals surface area contributed by atoms with Crippen LogP contribution in [0, 0.1) is 5.92 Å². The molecule has 0 aromatic heterocycles. The lowest BCUT2D eigenvalue weighted by Gasteiger charge is -2.36. The third-order valence-corrected chi connectivity index (χ3v) is 4.73. The van der Waals surface area contributed by atoms with Crippen molar-refractivity contribution in [2.24, 2.45) is 11.7 Å². The summed E-state index contributed by atoms with van der Waals surface area (Å²) in [7, 11) is 2.22. The van der Waals surface area contributed by atoms with Crippen molar-refractivity contribution >= 4 is 17.3 Å². The Morgan fingerprint density at radius 3 is 2.55 bits per heavy atom. The molecule has 1 aliphatic carbocycles. The Bertz CT molecular complexity index is 437. The van der Waals surface area contributed by atoms with Crippen LogP contribution < -0.4 is 10.6 Å². The van der Waals surface area contributed by atoms with Gasteiger partial charge in [0, 0.05) is 29.8 Å². The summed E-state index contributed by atoms with van der Waals surface area (Å²) < 4.78 is 0. The maximum Gasteiger partial charge on any atom is 0.0410 e. The number of rotatable bonds is 4. The van der Waals surface area contributed by atoms with E-state index in [4.69, 9.17) is 17.3 Å². The normalized spacial score (nSPS) is 24.4. The Kier molecular flexibility index (Phi) is 5.34. The summed E-state index contributed by atoms with van der Waals surface area (Å²) in [6, 6.07) is 7.02. The highest BCUT2D eigenvalue weighted by molar-refractivity contribution is 6.30. The molecular weight excluding hydrogens is 268 g/mol. The minimum atomic E-state index is 0.159. The fraction of sp³-hybridized carbons (Fsp3) is 0.647. The zero-order valence-corrected chi connectivity index (χ0v) is 13.7. The maximum atomic E-state index is 6.15. The average Bonchev–Trinajstić information content (AvgIpc) is 2.38. The monoisotopic (exact) mass is 294 g/mol. The van der Waals surface area contributed by atoms with Crippen LogP contribution in [0.15, 0.2) is 18.2 Å². The zero-order chi connectivity index (χ0) is 14.7. The lowest BCUT2D eigenvalue weighted by molar-refractivity contribution is 0.340. The molecule has 0 heterocycles. The number of hydrogen-bond donors (Lipinski definition) is 1. The van der Waals surface area contributed by atoms with Crippen LogP contribution in [-0.4, -0.2) is 19.1 Å². The van der Waals surface area contributed by atoms with Crippen LogP contribution in [0.25, 0.3) is 0 Å². The van der Waals surface area contributed by atoms with Crippen LogP contribution in [0.3, 0.4) is 0 Å². The average molecular weight is 295 g/mol. The van der Waals surface area contributed by atoms with Gasteiger partial charge in [-0.1, -0.05) is 18.5 Å². The number of nitrogens with zero attached hydrogens (tertiary/aromatic N) is 1. The largest absolute Gasteiger partial charge is 0.371 e. The molecule has 1 unspecified atom stereocenters. The first kappa shape index (κ1) is 15.7. The summed E-state index contributed by atoms with van der Waals surface area (Å²) in [5, 5.41) is 0.801. The highest BCUT2D eigenvalue weighted by Gasteiger charge is 2.23. The van der Waals surface area contributed by atoms with Gasteiger partial charge in [0.15, 0.2) is 0 Å². The molecule has 1 saturated carbocycles. The number of benzene rings is 1. The topological polar surface area (TPSA) is 29.3 Å². The SMILES string of the molecule is CC(N)Cc1cc(Cl)ccc1N(C)C1CCC(C)CC1. The quantitative estimate of drug-likeness (QED) is 0.900. The number of anilines is 1. The van der Waals surface area contributed by atoms with Crippen molar-refractivity contribution in [1.29, 1.82) is 0 Å². The molecule has 0 radical (unpaired) electrons. The molecule has 1 aromatic carbocycles. The molecule has 0 spiro atoms. The van der Waals surface area contributed by atoms with E-state index in [9.17, 15) is 0 Å². The molecular formula is C17H27ClN2. The van der Waals surface area contributed by atoms with Crippen LogP contribution in [0.1, 0.15) is 45.1 Å². The van der Waals surface area contributed by atoms with Gasteiger partial charge >= 0.3 is 0 Å². The minimum absolute atomic E-state index is 0.159. The van der Waals surface area contributed by atoms with Crippen LogP contribution in [0.2, 0.25) is 5.02 Å². The van der Waals surface area contributed by atoms with Crippen LogP contribution in [-0.2, 0) is 6.42 Å². The molecule has 0 bridgehead atoms. The lowest BCUT2D eigenvalue weighted by Crippen LogP contribution is -2.35. The van der Waals surface area contributed by atoms with Gasteiger partial charge in [0.2, 0.25) is 0 Å². The standard InChI is InChI=1S/C17H27ClN2/c1-12-4-7-16(8-5-12)20(3)17-9-6-15(18)11-14(17)10-13(2)19/h6,9,11-13,16H,4-5,7-8,10,19H2,1-3H3. The van der Waals surface area contributed by atoms with Crippen molar-refractivity contribution in [2.45, 2.75) is 58.0 Å². The zero-order valence-electron chi connectivity index (χ0n) is 12.9. The second-order valence-corrected chi connectivity index (χ2v) is 6.92. The van der Waals surface area contributed by atoms with Gasteiger partial charge in [0.1, 0.15) is 0 Å². The van der Waals surface area contributed by atoms with E-state index in [1.807, 2.05) is 13.0 Å². The first-order chi connectivity index (χ1) is 9.47. The molecule has 112 valence electrons. The molecule has 1 aliphatic rings. The van der Waals surface area contributed by atoms with Gasteiger partial charge in [0.25, 0.3) is 0 Å². The molecule has 2 rings (SSSR count). The van der Waals surface area contributed by atoms with E-state index in [1.54, 1.807) is 0 Å². The van der Waals surface area contributed by atoms with E-state index in [1.165, 1.54) is 36.9 Å². The van der Waals surface area contributed by atoms with Gasteiger partial charge in [-0.15, -0.1) is 0 Å². The second kappa shape index (κ2) is 6.82. The fourth-order valence-corrected chi connectivity index (χ4v) is 3.43. The summed E-state index contributed by atoms with van der Waals surface area (Å²) in [5.41, 5.74) is 8.55. The van der Waals surface area contributed by atoms with Crippen molar-refractivity contribution in [2.75, 3.05) is 11.9 Å². The van der Waals surface area contributed by atoms with Gasteiger partial charge in [-0.3, -0.25) is 0 Å². The molecule has 1 aromatic rings. The van der Waals surface area contributed by atoms with E-state index in [0.29, 0.717) is 6.04 Å². The molecule has 2 N–H and O–H groups in total. The summed E-state index contributed by atoms with van der Waals surface area (Å²) in [6.07, 6.45) is 6.13. The van der Waals surface area contributed by atoms with Crippen molar-refractivity contribution < 1.29 is 0 Å². The minimum Gasteiger partial charge on any atom is -0.371 e. The van der Waals surface area contributed by atoms with E-state index < -0.39 is 0 Å². The lowest BCUT2D eigenvalue weighted by atomic mass is 9.86. The van der Waals surface area contributed by atoms with Gasteiger partial charge in [-0.2, -0.15) is 0 Å². The van der Waals surface area contributed by atoms with Crippen molar-refractivity contribution in [3.05, 3.63) is 28.8 Å². The first-order valence-corrected chi connectivity index (χ1v) is 8.12. The second-order valence-electron chi connectivity index (χ2n) is 6.48. The van der Waals surface area contributed by atoms with E-state index in [0.717, 1.165) is 17.4 Å². The van der Waals surface area contributed by atoms with Crippen LogP contribution in [0.4, 0.5) is 5.69 Å². The first-order valence-electron chi connectivity index (χ1n) is 7.74. The summed E-state index contributed by atoms with van der Waals surface area (Å²) in [6.45, 7) is 4.41. The molecule has 0 aliphatic heterocycles. The molecule has 0 amide bonds. The maximum absolute atomic E-state index is 6.15. The number of halogens is 1. The van der Waals surface area contributed by atoms with Crippen molar-refractivity contribution in [1.82, 2.24) is 0 Å². The van der Waals surface area contributed by atoms with E-state index in [-0.39, 0.29) is 6.04 Å². The predicted octanol–water partition coefficient (Wildman–Crippen LogP) is 4.24. The Labute approximate surface area is 128 Å². The van der Waals surface area contributed by atoms with E-state index >= 15 is 0 Å². The van der Waals surface area contributed by atoms with Gasteiger partial charge < -0.3 is 10.6 Å². The highest BCUT2D eigenvalue weighted by Crippen LogP contribution is 2.32. The summed E-state index contributed by atoms with van der Waals surface area (Å²) in [4.78, 5) is 2.44. The number of hydrogen-bond acceptors (Lipinski definition) is 2. The Morgan fingerprint density at radius 1 is 1.30 bits per heavy atom. The highest BCUT2D eigenvalue weighted by atomic mass is 35.5. The molecule has 2 nitrogen and oxygen atoms in total. The van der Waals surface area contributed by atoms with Gasteiger partial charge in [-0.25, -0.2) is 0 Å². The third-order valence-electron chi connectivity index (χ3n) is 4.50. The van der Waals surface area contributed by atoms with E-state index in [2.05, 4.69) is 31.0 Å². The van der Waals surface area contributed by atoms with Crippen LogP contribution in [0.5, 0.6) is 0 Å². The Morgan fingerprint density at radius 2 is 1.95 bits per heavy atom. The van der Waals surface area contributed by atoms with Gasteiger partial charge in [0.05, 0.1) is 0 Å². The van der Waals surface area contributed by atoms with Gasteiger partial charge in [-0.05, 0) is 68.7 Å². The molecule has 20 heavy (non-hydrogen) atoms. The smallest absolute Gasteiger partial charge is 0.0410 e. The third kappa shape index (κ3) is 3.89. The Balaban J connectivity index is 2.18. The fourth-order valence-electron chi connectivity index (χ4n) is 3.24. The Hall–Kier alpha value is -0.730. The molecule has 1 atom stereocenters. The molecule has 3 heteroatoms. The summed E-state index contributed by atoms with van der Waals surface area (Å²) >= 11 is 6.15.